The number of hydrogen-bond donors (Lipinski definition) is 1. The predicted molar refractivity (Wildman–Crippen MR) is 76.3 cm³/mol. The highest BCUT2D eigenvalue weighted by Crippen LogP contribution is 2.18. The normalized spacial score (nSPS) is 10.0. The fourth-order valence-electron chi connectivity index (χ4n) is 1.75. The Labute approximate surface area is 113 Å². The molecule has 19 heavy (non-hydrogen) atoms. The molecule has 3 heteroatoms. The van der Waals surface area contributed by atoms with Gasteiger partial charge in [-0.15, -0.1) is 0 Å². The van der Waals surface area contributed by atoms with Gasteiger partial charge in [-0.2, -0.15) is 0 Å². The summed E-state index contributed by atoms with van der Waals surface area (Å²) in [5.41, 5.74) is 3.39. The fraction of sp³-hybridized carbons (Fsp3) is 0.188. The third-order valence-electron chi connectivity index (χ3n) is 2.71. The molecule has 0 aliphatic carbocycles. The van der Waals surface area contributed by atoms with E-state index in [2.05, 4.69) is 36.5 Å². The van der Waals surface area contributed by atoms with E-state index in [1.807, 2.05) is 18.2 Å². The van der Waals surface area contributed by atoms with Gasteiger partial charge in [-0.1, -0.05) is 35.9 Å². The summed E-state index contributed by atoms with van der Waals surface area (Å²) in [5.74, 6) is 0.247. The van der Waals surface area contributed by atoms with Gasteiger partial charge in [0.2, 0.25) is 0 Å². The topological polar surface area (TPSA) is 38.3 Å². The molecule has 1 N–H and O–H groups in total. The maximum Gasteiger partial charge on any atom is 0.308 e. The highest BCUT2D eigenvalue weighted by Gasteiger charge is 2.00. The first-order valence-electron chi connectivity index (χ1n) is 6.21. The summed E-state index contributed by atoms with van der Waals surface area (Å²) in [6.45, 7) is 4.20. The second kappa shape index (κ2) is 6.05. The molecule has 0 aliphatic heterocycles. The number of hydrogen-bond acceptors (Lipinski definition) is 3. The Morgan fingerprint density at radius 1 is 1.16 bits per heavy atom. The van der Waals surface area contributed by atoms with Gasteiger partial charge in [-0.25, -0.2) is 0 Å². The summed E-state index contributed by atoms with van der Waals surface area (Å²) < 4.78 is 5.04. The minimum absolute atomic E-state index is 0.310. The summed E-state index contributed by atoms with van der Waals surface area (Å²) in [6, 6.07) is 15.8. The lowest BCUT2D eigenvalue weighted by atomic mass is 10.1. The Kier molecular flexibility index (Phi) is 4.18. The molecule has 0 aromatic heterocycles. The van der Waals surface area contributed by atoms with Crippen molar-refractivity contribution in [2.75, 3.05) is 5.32 Å². The van der Waals surface area contributed by atoms with Crippen LogP contribution in [-0.2, 0) is 11.3 Å². The minimum Gasteiger partial charge on any atom is -0.427 e. The minimum atomic E-state index is -0.310. The molecule has 0 saturated heterocycles. The van der Waals surface area contributed by atoms with Crippen molar-refractivity contribution >= 4 is 11.7 Å². The molecule has 0 bridgehead atoms. The molecule has 2 aromatic carbocycles. The Hall–Kier alpha value is -2.29. The first kappa shape index (κ1) is 13.1. The van der Waals surface area contributed by atoms with Gasteiger partial charge in [0.1, 0.15) is 5.75 Å². The molecule has 0 saturated carbocycles. The van der Waals surface area contributed by atoms with Crippen molar-refractivity contribution in [3.8, 4) is 5.75 Å². The van der Waals surface area contributed by atoms with Crippen LogP contribution in [-0.4, -0.2) is 5.97 Å². The zero-order valence-electron chi connectivity index (χ0n) is 11.1. The molecule has 0 atom stereocenters. The van der Waals surface area contributed by atoms with E-state index in [-0.39, 0.29) is 5.97 Å². The number of anilines is 1. The van der Waals surface area contributed by atoms with Gasteiger partial charge in [-0.05, 0) is 24.6 Å². The van der Waals surface area contributed by atoms with Gasteiger partial charge < -0.3 is 10.1 Å². The maximum absolute atomic E-state index is 10.9. The lowest BCUT2D eigenvalue weighted by Crippen LogP contribution is -2.03. The fourth-order valence-corrected chi connectivity index (χ4v) is 1.75. The third kappa shape index (κ3) is 4.14. The number of rotatable bonds is 4. The first-order valence-corrected chi connectivity index (χ1v) is 6.21. The third-order valence-corrected chi connectivity index (χ3v) is 2.71. The monoisotopic (exact) mass is 255 g/mol. The van der Waals surface area contributed by atoms with Crippen LogP contribution in [0.2, 0.25) is 0 Å². The lowest BCUT2D eigenvalue weighted by Gasteiger charge is -2.08. The molecule has 0 aliphatic rings. The number of nitrogens with one attached hydrogen (secondary N) is 1. The Balaban J connectivity index is 1.99. The van der Waals surface area contributed by atoms with Gasteiger partial charge in [0.25, 0.3) is 0 Å². The molecule has 0 fully saturated rings. The molecule has 0 radical (unpaired) electrons. The van der Waals surface area contributed by atoms with Crippen molar-refractivity contribution in [3.63, 3.8) is 0 Å². The van der Waals surface area contributed by atoms with Crippen molar-refractivity contribution in [1.82, 2.24) is 0 Å². The zero-order valence-corrected chi connectivity index (χ0v) is 11.1. The lowest BCUT2D eigenvalue weighted by molar-refractivity contribution is -0.131. The van der Waals surface area contributed by atoms with E-state index >= 15 is 0 Å². The number of benzene rings is 2. The van der Waals surface area contributed by atoms with Crippen molar-refractivity contribution < 1.29 is 9.53 Å². The Bertz CT molecular complexity index is 561. The van der Waals surface area contributed by atoms with Crippen LogP contribution in [0.5, 0.6) is 5.75 Å². The van der Waals surface area contributed by atoms with E-state index in [1.165, 1.54) is 18.1 Å². The molecule has 0 heterocycles. The van der Waals surface area contributed by atoms with E-state index in [0.29, 0.717) is 5.75 Å². The van der Waals surface area contributed by atoms with Crippen molar-refractivity contribution in [1.29, 1.82) is 0 Å². The smallest absolute Gasteiger partial charge is 0.308 e. The molecule has 0 spiro atoms. The molecule has 2 rings (SSSR count). The molecule has 3 nitrogen and oxygen atoms in total. The van der Waals surface area contributed by atoms with Crippen LogP contribution in [0.4, 0.5) is 5.69 Å². The average molecular weight is 255 g/mol. The number of ether oxygens (including phenoxy) is 1. The second-order valence-corrected chi connectivity index (χ2v) is 4.46. The second-order valence-electron chi connectivity index (χ2n) is 4.46. The quantitative estimate of drug-likeness (QED) is 0.671. The van der Waals surface area contributed by atoms with Crippen LogP contribution < -0.4 is 10.1 Å². The van der Waals surface area contributed by atoms with E-state index in [9.17, 15) is 4.79 Å². The van der Waals surface area contributed by atoms with Gasteiger partial charge in [0.15, 0.2) is 0 Å². The van der Waals surface area contributed by atoms with E-state index in [1.54, 1.807) is 6.07 Å². The first-order chi connectivity index (χ1) is 9.13. The SMILES string of the molecule is CC(=O)Oc1cccc(NCc2ccc(C)cc2)c1. The highest BCUT2D eigenvalue weighted by atomic mass is 16.5. The Morgan fingerprint density at radius 2 is 1.89 bits per heavy atom. The summed E-state index contributed by atoms with van der Waals surface area (Å²) in [5, 5.41) is 3.30. The molecular formula is C16H17NO2. The van der Waals surface area contributed by atoms with Crippen LogP contribution in [0, 0.1) is 6.92 Å². The van der Waals surface area contributed by atoms with Crippen molar-refractivity contribution in [3.05, 3.63) is 59.7 Å². The molecular weight excluding hydrogens is 238 g/mol. The molecule has 98 valence electrons. The van der Waals surface area contributed by atoms with Crippen LogP contribution in [0.1, 0.15) is 18.1 Å². The van der Waals surface area contributed by atoms with E-state index in [4.69, 9.17) is 4.74 Å². The van der Waals surface area contributed by atoms with Crippen molar-refractivity contribution in [2.24, 2.45) is 0 Å². The number of esters is 1. The van der Waals surface area contributed by atoms with Crippen LogP contribution >= 0.6 is 0 Å². The highest BCUT2D eigenvalue weighted by molar-refractivity contribution is 5.69. The van der Waals surface area contributed by atoms with Gasteiger partial charge >= 0.3 is 5.97 Å². The van der Waals surface area contributed by atoms with Crippen LogP contribution in [0.15, 0.2) is 48.5 Å². The molecule has 0 amide bonds. The molecule has 0 unspecified atom stereocenters. The number of carbonyl (C=O) groups is 1. The van der Waals surface area contributed by atoms with Gasteiger partial charge in [0, 0.05) is 25.2 Å². The summed E-state index contributed by atoms with van der Waals surface area (Å²) >= 11 is 0. The largest absolute Gasteiger partial charge is 0.427 e. The van der Waals surface area contributed by atoms with Gasteiger partial charge in [0.05, 0.1) is 0 Å². The van der Waals surface area contributed by atoms with E-state index < -0.39 is 0 Å². The summed E-state index contributed by atoms with van der Waals surface area (Å²) in [4.78, 5) is 10.9. The summed E-state index contributed by atoms with van der Waals surface area (Å²) in [7, 11) is 0. The van der Waals surface area contributed by atoms with Crippen LogP contribution in [0.25, 0.3) is 0 Å². The zero-order chi connectivity index (χ0) is 13.7. The van der Waals surface area contributed by atoms with Crippen LogP contribution in [0.3, 0.4) is 0 Å². The Morgan fingerprint density at radius 3 is 2.58 bits per heavy atom. The predicted octanol–water partition coefficient (Wildman–Crippen LogP) is 3.53. The van der Waals surface area contributed by atoms with E-state index in [0.717, 1.165) is 12.2 Å². The number of aryl methyl sites for hydroxylation is 1. The molecule has 2 aromatic rings. The number of carbonyl (C=O) groups excluding carboxylic acids is 1. The van der Waals surface area contributed by atoms with Gasteiger partial charge in [-0.3, -0.25) is 4.79 Å². The van der Waals surface area contributed by atoms with Crippen molar-refractivity contribution in [2.45, 2.75) is 20.4 Å². The average Bonchev–Trinajstić information content (AvgIpc) is 2.38. The summed E-state index contributed by atoms with van der Waals surface area (Å²) in [6.07, 6.45) is 0. The standard InChI is InChI=1S/C16H17NO2/c1-12-6-8-14(9-7-12)11-17-15-4-3-5-16(10-15)19-13(2)18/h3-10,17H,11H2,1-2H3. The maximum atomic E-state index is 10.9.